The molecule has 5 aromatic rings. The van der Waals surface area contributed by atoms with E-state index < -0.39 is 250 Å². The quantitative estimate of drug-likeness (QED) is 0.0202. The fourth-order valence-electron chi connectivity index (χ4n) is 11.7. The number of ether oxygens (including phenoxy) is 2. The van der Waals surface area contributed by atoms with Crippen molar-refractivity contribution >= 4 is 123 Å². The Hall–Kier alpha value is -12.6. The first kappa shape index (κ1) is 82.7. The lowest BCUT2D eigenvalue weighted by Gasteiger charge is -2.31. The molecule has 12 amide bonds. The molecular weight excluding hydrogens is 1430 g/mol. The molecule has 7 unspecified atom stereocenters. The van der Waals surface area contributed by atoms with Crippen LogP contribution in [0, 0.1) is 5.92 Å². The number of nitrogens with two attached hydrogens (primary N) is 1. The molecule has 0 saturated carbocycles. The predicted octanol–water partition coefficient (Wildman–Crippen LogP) is -5.77. The Bertz CT molecular complexity index is 4240. The second-order valence-corrected chi connectivity index (χ2v) is 25.6. The van der Waals surface area contributed by atoms with Gasteiger partial charge in [0.25, 0.3) is 5.91 Å². The van der Waals surface area contributed by atoms with Crippen molar-refractivity contribution in [2.24, 2.45) is 11.7 Å². The van der Waals surface area contributed by atoms with Crippen LogP contribution in [0.4, 0.5) is 0 Å². The van der Waals surface area contributed by atoms with E-state index in [9.17, 15) is 103 Å². The first-order valence-corrected chi connectivity index (χ1v) is 33.6. The first-order chi connectivity index (χ1) is 51.1. The largest absolute Gasteiger partial charge is 0.508 e. The molecule has 580 valence electrons. The molecule has 2 aliphatic rings. The summed E-state index contributed by atoms with van der Waals surface area (Å²) in [5.74, 6) is -27.8. The lowest BCUT2D eigenvalue weighted by atomic mass is 9.95. The maximum Gasteiger partial charge on any atom is 0.329 e. The van der Waals surface area contributed by atoms with Crippen molar-refractivity contribution in [3.63, 3.8) is 0 Å². The van der Waals surface area contributed by atoms with Crippen LogP contribution in [-0.4, -0.2) is 244 Å². The second-order valence-electron chi connectivity index (χ2n) is 25.6. The number of carboxylic acids is 4. The number of aromatic nitrogens is 2. The number of carboxylic acid groups (broad SMARTS) is 4. The molecule has 2 aromatic heterocycles. The number of phenols is 1. The Morgan fingerprint density at radius 2 is 1.05 bits per heavy atom. The summed E-state index contributed by atoms with van der Waals surface area (Å²) in [6.07, 6.45) is -9.42. The molecule has 2 saturated heterocycles. The van der Waals surface area contributed by atoms with Gasteiger partial charge in [-0.05, 0) is 60.2 Å². The molecule has 0 aliphatic carbocycles. The molecule has 108 heavy (non-hydrogen) atoms. The van der Waals surface area contributed by atoms with Crippen molar-refractivity contribution in [1.29, 1.82) is 0 Å². The number of phenolic OH excluding ortho intramolecular Hbond substituents is 1. The van der Waals surface area contributed by atoms with Crippen molar-refractivity contribution in [2.45, 2.75) is 163 Å². The van der Waals surface area contributed by atoms with Gasteiger partial charge in [-0.25, -0.2) is 4.79 Å². The number of hydrogen-bond donors (Lipinski definition) is 21. The van der Waals surface area contributed by atoms with Crippen LogP contribution < -0.4 is 64.2 Å². The number of aromatic amines is 2. The van der Waals surface area contributed by atoms with Crippen LogP contribution in [0.5, 0.6) is 5.75 Å². The van der Waals surface area contributed by atoms with Crippen LogP contribution in [0.15, 0.2) is 85.2 Å². The number of para-hydroxylation sites is 2. The minimum Gasteiger partial charge on any atom is -0.508 e. The number of fused-ring (bicyclic) bond motifs is 2. The number of H-pyrrole nitrogens is 2. The Balaban J connectivity index is 1.37. The van der Waals surface area contributed by atoms with Gasteiger partial charge in [0.2, 0.25) is 65.0 Å². The molecule has 3 aromatic carbocycles. The van der Waals surface area contributed by atoms with E-state index in [0.29, 0.717) is 34.6 Å². The van der Waals surface area contributed by atoms with E-state index in [4.69, 9.17) is 15.2 Å². The van der Waals surface area contributed by atoms with Gasteiger partial charge in [-0.1, -0.05) is 68.8 Å². The van der Waals surface area contributed by atoms with E-state index in [1.165, 1.54) is 24.5 Å². The lowest BCUT2D eigenvalue weighted by Crippen LogP contribution is -2.63. The molecule has 22 N–H and O–H groups in total. The monoisotopic (exact) mass is 1510 g/mol. The van der Waals surface area contributed by atoms with Gasteiger partial charge >= 0.3 is 29.8 Å². The van der Waals surface area contributed by atoms with Gasteiger partial charge in [0.1, 0.15) is 72.3 Å². The number of carbonyl (C=O) groups is 17. The number of cyclic esters (lactones) is 1. The van der Waals surface area contributed by atoms with Gasteiger partial charge in [0.15, 0.2) is 12.2 Å². The van der Waals surface area contributed by atoms with E-state index in [1.807, 2.05) is 22.9 Å². The molecule has 40 nitrogen and oxygen atoms in total. The fourth-order valence-corrected chi connectivity index (χ4v) is 11.7. The van der Waals surface area contributed by atoms with E-state index in [0.717, 1.165) is 26.0 Å². The van der Waals surface area contributed by atoms with Crippen LogP contribution in [-0.2, 0) is 110 Å². The third-order valence-electron chi connectivity index (χ3n) is 17.3. The Morgan fingerprint density at radius 1 is 0.574 bits per heavy atom. The average Bonchev–Trinajstić information content (AvgIpc) is 1.62. The van der Waals surface area contributed by atoms with Crippen molar-refractivity contribution < 1.29 is 127 Å². The summed E-state index contributed by atoms with van der Waals surface area (Å²) >= 11 is 0. The first-order valence-electron chi connectivity index (χ1n) is 33.6. The van der Waals surface area contributed by atoms with Crippen LogP contribution in [0.25, 0.3) is 21.8 Å². The van der Waals surface area contributed by atoms with Gasteiger partial charge in [0.05, 0.1) is 44.9 Å². The molecule has 7 rings (SSSR count). The van der Waals surface area contributed by atoms with Gasteiger partial charge in [-0.3, -0.25) is 76.7 Å². The van der Waals surface area contributed by atoms with Crippen LogP contribution in [0.1, 0.15) is 76.0 Å². The van der Waals surface area contributed by atoms with Crippen LogP contribution in [0.2, 0.25) is 0 Å². The highest BCUT2D eigenvalue weighted by molar-refractivity contribution is 6.02. The molecule has 4 heterocycles. The average molecular weight is 1510 g/mol. The van der Waals surface area contributed by atoms with Crippen molar-refractivity contribution in [3.05, 3.63) is 102 Å². The SMILES string of the molecule is CCCC1OC1C(=O)N[C@@H](CO)C(=O)NC1C(=O)NC(Cc2c[nH]c3ccccc23)C(=O)N[C@@H](CC(=O)O)C(=O)NC(CC(=O)O)C(=O)N[C@H](Cc2ccc(O)cc2)C(=O)N[C@@H](CC(=O)O)C(=O)NCC(=O)N[C@H]([C@H](O)C(N)=O)C(=O)NC([C@H](C)CC(=O)O)C(=O)N[C@@H](Cc2c[nH]c3ccccc23)C(=O)OC1C. The van der Waals surface area contributed by atoms with Crippen molar-refractivity contribution in [2.75, 3.05) is 13.2 Å². The van der Waals surface area contributed by atoms with Crippen molar-refractivity contribution in [3.8, 4) is 5.75 Å². The van der Waals surface area contributed by atoms with Crippen LogP contribution in [0.3, 0.4) is 0 Å². The Kier molecular flexibility index (Phi) is 29.0. The highest BCUT2D eigenvalue weighted by Crippen LogP contribution is 2.27. The minimum absolute atomic E-state index is 0.103. The number of aliphatic hydroxyl groups excluding tert-OH is 2. The smallest absolute Gasteiger partial charge is 0.329 e. The highest BCUT2D eigenvalue weighted by atomic mass is 16.6. The summed E-state index contributed by atoms with van der Waals surface area (Å²) in [5.41, 5.74) is 6.90. The molecular formula is C68H82N14O26. The highest BCUT2D eigenvalue weighted by Gasteiger charge is 2.46. The fraction of sp³-hybridized carbons (Fsp3) is 0.426. The summed E-state index contributed by atoms with van der Waals surface area (Å²) in [6, 6.07) is -4.29. The number of aliphatic carboxylic acids is 4. The van der Waals surface area contributed by atoms with Crippen molar-refractivity contribution in [1.82, 2.24) is 68.5 Å². The van der Waals surface area contributed by atoms with E-state index in [1.54, 1.807) is 48.5 Å². The third-order valence-corrected chi connectivity index (χ3v) is 17.3. The maximum absolute atomic E-state index is 15.4. The molecule has 40 heteroatoms. The number of hydrogen-bond acceptors (Lipinski definition) is 22. The van der Waals surface area contributed by atoms with E-state index >= 15 is 14.4 Å². The number of aliphatic hydroxyl groups is 2. The second kappa shape index (κ2) is 37.9. The number of esters is 1. The summed E-state index contributed by atoms with van der Waals surface area (Å²) in [5, 5.41) is 96.6. The number of rotatable bonds is 24. The Morgan fingerprint density at radius 3 is 1.56 bits per heavy atom. The number of primary amides is 1. The summed E-state index contributed by atoms with van der Waals surface area (Å²) in [6.45, 7) is 1.47. The standard InChI is InChI=1S/C68H82N14O26/c1-4-9-46-56(108-46)67(105)79-45(28-83)63(101)82-53-30(3)107-68(106)44(21-33-26-71-38-13-8-6-11-36(33)38)78-64(102)52(29(2)18-48(86)87)81-66(104)54(55(94)57(69)95)80-47(85)27-72-58(96)41(22-49(88)89)74-59(97)39(19-31-14-16-34(84)17-15-31)73-61(99)42(23-50(90)91)76-62(100)43(24-51(92)93)75-60(98)40(77-65(53)103)20-32-25-70-37-12-7-5-10-35(32)37/h5-8,10-17,25-26,29-30,39-46,52-56,70-71,83-84,94H,4,9,18-24,27-28H2,1-3H3,(H2,69,95)(H,72,96)(H,73,99)(H,74,97)(H,75,98)(H,76,100)(H,77,103)(H,78,102)(H,79,105)(H,80,85)(H,81,104)(H,82,101)(H,86,87)(H,88,89)(H,90,91)(H,92,93)/t29-,30?,39-,40?,41+,42?,43+,44+,45+,46?,52?,53?,54-,55+,56?/m1/s1. The Labute approximate surface area is 611 Å². The number of epoxide rings is 1. The van der Waals surface area contributed by atoms with Gasteiger partial charge in [-0.15, -0.1) is 0 Å². The number of amides is 12. The maximum atomic E-state index is 15.4. The summed E-state index contributed by atoms with van der Waals surface area (Å²) in [7, 11) is 0. The summed E-state index contributed by atoms with van der Waals surface area (Å²) in [4.78, 5) is 242. The number of benzene rings is 3. The summed E-state index contributed by atoms with van der Waals surface area (Å²) < 4.78 is 11.4. The molecule has 2 aliphatic heterocycles. The zero-order chi connectivity index (χ0) is 79.4. The molecule has 0 bridgehead atoms. The normalized spacial score (nSPS) is 24.3. The number of nitrogens with one attached hydrogen (secondary N) is 13. The lowest BCUT2D eigenvalue weighted by molar-refractivity contribution is -0.156. The number of aromatic hydroxyl groups is 1. The predicted molar refractivity (Wildman–Crippen MR) is 368 cm³/mol. The molecule has 0 spiro atoms. The molecule has 2 fully saturated rings. The van der Waals surface area contributed by atoms with Gasteiger partial charge < -0.3 is 119 Å². The van der Waals surface area contributed by atoms with Gasteiger partial charge in [0, 0.05) is 53.5 Å². The van der Waals surface area contributed by atoms with Gasteiger partial charge in [-0.2, -0.15) is 0 Å². The molecule has 0 radical (unpaired) electrons. The number of carbonyl (C=O) groups excluding carboxylic acids is 13. The van der Waals surface area contributed by atoms with E-state index in [-0.39, 0.29) is 22.4 Å². The molecule has 15 atom stereocenters. The van der Waals surface area contributed by atoms with Crippen LogP contribution >= 0.6 is 0 Å². The zero-order valence-corrected chi connectivity index (χ0v) is 58.0. The van der Waals surface area contributed by atoms with E-state index in [2.05, 4.69) is 52.5 Å². The topological polar surface area (TPSA) is 643 Å². The minimum atomic E-state index is -2.72. The third kappa shape index (κ3) is 23.2. The zero-order valence-electron chi connectivity index (χ0n) is 58.0.